The second-order valence-corrected chi connectivity index (χ2v) is 12.2. The average molecular weight is 435 g/mol. The summed E-state index contributed by atoms with van der Waals surface area (Å²) in [6, 6.07) is 15.3. The topological polar surface area (TPSA) is 20.2 Å². The fraction of sp³-hybridized carbons (Fsp3) is 0.407. The van der Waals surface area contributed by atoms with Crippen LogP contribution in [0.1, 0.15) is 58.1 Å². The second kappa shape index (κ2) is 6.46. The van der Waals surface area contributed by atoms with Crippen LogP contribution in [-0.2, 0) is 5.41 Å². The zero-order valence-corrected chi connectivity index (χ0v) is 20.2. The zero-order valence-electron chi connectivity index (χ0n) is 18.5. The fourth-order valence-electron chi connectivity index (χ4n) is 7.01. The van der Waals surface area contributed by atoms with Crippen molar-refractivity contribution in [2.45, 2.75) is 62.2 Å². The highest BCUT2D eigenvalue weighted by atomic mass is 32.2. The monoisotopic (exact) mass is 434 g/mol. The largest absolute Gasteiger partial charge is 0.507 e. The lowest BCUT2D eigenvalue weighted by atomic mass is 9.52. The smallest absolute Gasteiger partial charge is 0.123 e. The number of thiol groups is 1. The van der Waals surface area contributed by atoms with Gasteiger partial charge in [-0.3, -0.25) is 0 Å². The number of hydrogen-bond acceptors (Lipinski definition) is 3. The molecule has 1 fully saturated rings. The molecular weight excluding hydrogens is 404 g/mol. The SMILES string of the molecule is CSc1cc2c(O)cc3c(c2cc1S)-c1ccccc1C31CC(C)(C)CC(C)(C)C1. The van der Waals surface area contributed by atoms with Crippen LogP contribution < -0.4 is 0 Å². The summed E-state index contributed by atoms with van der Waals surface area (Å²) in [6.45, 7) is 9.64. The number of fused-ring (bicyclic) bond motifs is 7. The molecule has 1 spiro atoms. The van der Waals surface area contributed by atoms with Crippen molar-refractivity contribution in [3.05, 3.63) is 53.6 Å². The standard InChI is InChI=1S/C27H30OS2/c1-25(2)13-26(3,4)15-27(14-25)19-9-7-6-8-16(19)24-18-10-22(29)23(30-5)11-17(18)21(28)12-20(24)27/h6-12,28-29H,13-15H2,1-5H3. The lowest BCUT2D eigenvalue weighted by Gasteiger charge is -2.51. The lowest BCUT2D eigenvalue weighted by Crippen LogP contribution is -2.43. The highest BCUT2D eigenvalue weighted by Crippen LogP contribution is 2.64. The third-order valence-electron chi connectivity index (χ3n) is 7.16. The molecule has 2 aliphatic carbocycles. The molecule has 0 heterocycles. The number of phenolic OH excluding ortho intramolecular Hbond substituents is 1. The molecule has 3 aromatic rings. The maximum atomic E-state index is 11.2. The molecule has 0 amide bonds. The first-order valence-corrected chi connectivity index (χ1v) is 12.4. The maximum Gasteiger partial charge on any atom is 0.123 e. The second-order valence-electron chi connectivity index (χ2n) is 10.9. The summed E-state index contributed by atoms with van der Waals surface area (Å²) >= 11 is 6.44. The van der Waals surface area contributed by atoms with Gasteiger partial charge in [-0.2, -0.15) is 0 Å². The number of benzene rings is 3. The number of hydrogen-bond donors (Lipinski definition) is 2. The van der Waals surface area contributed by atoms with Crippen molar-refractivity contribution in [1.82, 2.24) is 0 Å². The van der Waals surface area contributed by atoms with Crippen LogP contribution in [0, 0.1) is 10.8 Å². The van der Waals surface area contributed by atoms with Crippen molar-refractivity contribution in [3.8, 4) is 16.9 Å². The van der Waals surface area contributed by atoms with E-state index in [1.54, 1.807) is 11.8 Å². The van der Waals surface area contributed by atoms with E-state index in [2.05, 4.69) is 76.4 Å². The number of rotatable bonds is 1. The molecule has 1 N–H and O–H groups in total. The van der Waals surface area contributed by atoms with Gasteiger partial charge < -0.3 is 5.11 Å². The van der Waals surface area contributed by atoms with E-state index in [1.165, 1.54) is 28.7 Å². The van der Waals surface area contributed by atoms with E-state index in [4.69, 9.17) is 12.6 Å². The van der Waals surface area contributed by atoms with E-state index in [-0.39, 0.29) is 16.2 Å². The van der Waals surface area contributed by atoms with Crippen molar-refractivity contribution in [2.75, 3.05) is 6.26 Å². The molecule has 1 saturated carbocycles. The van der Waals surface area contributed by atoms with Crippen LogP contribution in [0.4, 0.5) is 0 Å². The minimum Gasteiger partial charge on any atom is -0.507 e. The molecule has 1 nitrogen and oxygen atoms in total. The van der Waals surface area contributed by atoms with Gasteiger partial charge in [0.05, 0.1) is 0 Å². The van der Waals surface area contributed by atoms with Gasteiger partial charge in [-0.05, 0) is 82.2 Å². The van der Waals surface area contributed by atoms with Crippen LogP contribution in [0.25, 0.3) is 21.9 Å². The molecule has 5 rings (SSSR count). The Morgan fingerprint density at radius 1 is 0.867 bits per heavy atom. The quantitative estimate of drug-likeness (QED) is 0.298. The Morgan fingerprint density at radius 2 is 1.53 bits per heavy atom. The number of thioether (sulfide) groups is 1. The predicted octanol–water partition coefficient (Wildman–Crippen LogP) is 8.06. The Labute approximate surface area is 189 Å². The van der Waals surface area contributed by atoms with Crippen LogP contribution in [0.15, 0.2) is 52.3 Å². The maximum absolute atomic E-state index is 11.2. The summed E-state index contributed by atoms with van der Waals surface area (Å²) in [7, 11) is 0. The number of phenols is 1. The molecule has 3 aromatic carbocycles. The van der Waals surface area contributed by atoms with E-state index >= 15 is 0 Å². The molecule has 0 atom stereocenters. The third-order valence-corrected chi connectivity index (χ3v) is 8.46. The van der Waals surface area contributed by atoms with Gasteiger partial charge in [0.15, 0.2) is 0 Å². The summed E-state index contributed by atoms with van der Waals surface area (Å²) in [5, 5.41) is 13.2. The Morgan fingerprint density at radius 3 is 2.20 bits per heavy atom. The van der Waals surface area contributed by atoms with Crippen LogP contribution in [0.3, 0.4) is 0 Å². The first-order chi connectivity index (χ1) is 14.1. The molecule has 0 unspecified atom stereocenters. The van der Waals surface area contributed by atoms with Crippen LogP contribution >= 0.6 is 24.4 Å². The Bertz CT molecular complexity index is 1170. The molecule has 30 heavy (non-hydrogen) atoms. The summed E-state index contributed by atoms with van der Waals surface area (Å²) < 4.78 is 0. The summed E-state index contributed by atoms with van der Waals surface area (Å²) in [4.78, 5) is 2.08. The van der Waals surface area contributed by atoms with E-state index in [0.717, 1.165) is 33.4 Å². The van der Waals surface area contributed by atoms with Gasteiger partial charge in [0.25, 0.3) is 0 Å². The van der Waals surface area contributed by atoms with E-state index < -0.39 is 0 Å². The average Bonchev–Trinajstić information content (AvgIpc) is 2.88. The molecule has 156 valence electrons. The molecule has 0 aliphatic heterocycles. The van der Waals surface area contributed by atoms with Crippen molar-refractivity contribution in [2.24, 2.45) is 10.8 Å². The molecule has 2 aliphatic rings. The predicted molar refractivity (Wildman–Crippen MR) is 132 cm³/mol. The lowest BCUT2D eigenvalue weighted by molar-refractivity contribution is 0.0645. The summed E-state index contributed by atoms with van der Waals surface area (Å²) in [5.74, 6) is 0.390. The minimum absolute atomic E-state index is 0.0578. The van der Waals surface area contributed by atoms with Gasteiger partial charge >= 0.3 is 0 Å². The molecule has 0 bridgehead atoms. The highest BCUT2D eigenvalue weighted by molar-refractivity contribution is 7.99. The van der Waals surface area contributed by atoms with Gasteiger partial charge in [-0.25, -0.2) is 0 Å². The normalized spacial score (nSPS) is 20.3. The molecular formula is C27H30OS2. The van der Waals surface area contributed by atoms with Gasteiger partial charge in [0.2, 0.25) is 0 Å². The minimum atomic E-state index is -0.0578. The van der Waals surface area contributed by atoms with Crippen molar-refractivity contribution in [3.63, 3.8) is 0 Å². The van der Waals surface area contributed by atoms with Gasteiger partial charge in [-0.15, -0.1) is 24.4 Å². The Balaban J connectivity index is 1.90. The zero-order chi connectivity index (χ0) is 21.5. The summed E-state index contributed by atoms with van der Waals surface area (Å²) in [5.41, 5.74) is 5.78. The Kier molecular flexibility index (Phi) is 4.38. The fourth-order valence-corrected chi connectivity index (χ4v) is 7.98. The first-order valence-electron chi connectivity index (χ1n) is 10.7. The van der Waals surface area contributed by atoms with E-state index in [9.17, 15) is 5.11 Å². The van der Waals surface area contributed by atoms with Gasteiger partial charge in [0, 0.05) is 20.6 Å². The molecule has 0 radical (unpaired) electrons. The summed E-state index contributed by atoms with van der Waals surface area (Å²) in [6.07, 6.45) is 5.49. The molecule has 0 aromatic heterocycles. The van der Waals surface area contributed by atoms with Gasteiger partial charge in [0.1, 0.15) is 5.75 Å². The van der Waals surface area contributed by atoms with E-state index in [1.807, 2.05) is 0 Å². The van der Waals surface area contributed by atoms with E-state index in [0.29, 0.717) is 5.75 Å². The molecule has 0 saturated heterocycles. The Hall–Kier alpha value is -1.58. The van der Waals surface area contributed by atoms with Crippen molar-refractivity contribution in [1.29, 1.82) is 0 Å². The van der Waals surface area contributed by atoms with Crippen LogP contribution in [0.2, 0.25) is 0 Å². The van der Waals surface area contributed by atoms with Crippen LogP contribution in [-0.4, -0.2) is 11.4 Å². The highest BCUT2D eigenvalue weighted by Gasteiger charge is 2.53. The first kappa shape index (κ1) is 20.3. The third kappa shape index (κ3) is 2.85. The van der Waals surface area contributed by atoms with Crippen LogP contribution in [0.5, 0.6) is 5.75 Å². The van der Waals surface area contributed by atoms with Gasteiger partial charge in [-0.1, -0.05) is 52.0 Å². The van der Waals surface area contributed by atoms with Crippen molar-refractivity contribution < 1.29 is 5.11 Å². The number of aromatic hydroxyl groups is 1. The van der Waals surface area contributed by atoms with Crippen molar-refractivity contribution >= 4 is 35.2 Å². The molecule has 3 heteroatoms.